The van der Waals surface area contributed by atoms with Crippen molar-refractivity contribution in [1.82, 2.24) is 10.6 Å². The molecule has 0 heterocycles. The third-order valence-corrected chi connectivity index (χ3v) is 4.42. The van der Waals surface area contributed by atoms with Crippen LogP contribution in [0, 0.1) is 0 Å². The molecule has 0 aliphatic carbocycles. The molecule has 1 unspecified atom stereocenters. The number of nitrogens with one attached hydrogen (secondary N) is 2. The van der Waals surface area contributed by atoms with E-state index < -0.39 is 9.84 Å². The lowest BCUT2D eigenvalue weighted by Gasteiger charge is -2.17. The molecular weight excluding hydrogens is 326 g/mol. The Balaban J connectivity index is 2.40. The van der Waals surface area contributed by atoms with Crippen molar-refractivity contribution < 1.29 is 13.2 Å². The second-order valence-electron chi connectivity index (χ2n) is 5.79. The van der Waals surface area contributed by atoms with Crippen molar-refractivity contribution in [2.24, 2.45) is 4.99 Å². The fourth-order valence-electron chi connectivity index (χ4n) is 2.17. The van der Waals surface area contributed by atoms with E-state index in [1.165, 1.54) is 11.8 Å². The molecule has 0 saturated heterocycles. The molecule has 1 atom stereocenters. The zero-order valence-corrected chi connectivity index (χ0v) is 15.8. The van der Waals surface area contributed by atoms with Gasteiger partial charge in [-0.2, -0.15) is 0 Å². The van der Waals surface area contributed by atoms with Gasteiger partial charge in [-0.3, -0.25) is 4.99 Å². The summed E-state index contributed by atoms with van der Waals surface area (Å²) in [6.07, 6.45) is 2.65. The summed E-state index contributed by atoms with van der Waals surface area (Å²) in [5, 5.41) is 6.45. The first-order valence-corrected chi connectivity index (χ1v) is 10.3. The van der Waals surface area contributed by atoms with E-state index in [0.717, 1.165) is 18.7 Å². The van der Waals surface area contributed by atoms with E-state index in [-0.39, 0.29) is 11.8 Å². The van der Waals surface area contributed by atoms with Gasteiger partial charge in [-0.15, -0.1) is 0 Å². The van der Waals surface area contributed by atoms with Gasteiger partial charge < -0.3 is 15.4 Å². The van der Waals surface area contributed by atoms with Crippen LogP contribution in [0.15, 0.2) is 29.3 Å². The number of nitrogens with zero attached hydrogens (tertiary/aromatic N) is 1. The molecule has 0 bridgehead atoms. The van der Waals surface area contributed by atoms with E-state index in [4.69, 9.17) is 4.74 Å². The molecule has 0 aliphatic heterocycles. The highest BCUT2D eigenvalue weighted by Crippen LogP contribution is 2.13. The molecule has 6 nitrogen and oxygen atoms in total. The van der Waals surface area contributed by atoms with Gasteiger partial charge in [0, 0.05) is 25.9 Å². The lowest BCUT2D eigenvalue weighted by atomic mass is 10.1. The zero-order chi connectivity index (χ0) is 18.0. The highest BCUT2D eigenvalue weighted by Gasteiger charge is 2.09. The summed E-state index contributed by atoms with van der Waals surface area (Å²) in [4.78, 5) is 4.17. The van der Waals surface area contributed by atoms with Crippen LogP contribution in [-0.2, 0) is 16.3 Å². The van der Waals surface area contributed by atoms with Crippen molar-refractivity contribution in [3.05, 3.63) is 29.8 Å². The third-order valence-electron chi connectivity index (χ3n) is 3.44. The molecule has 0 amide bonds. The number of hydrogen-bond donors (Lipinski definition) is 2. The van der Waals surface area contributed by atoms with Gasteiger partial charge in [0.25, 0.3) is 0 Å². The molecule has 2 N–H and O–H groups in total. The number of guanidine groups is 1. The van der Waals surface area contributed by atoms with Crippen molar-refractivity contribution in [3.8, 4) is 5.75 Å². The van der Waals surface area contributed by atoms with Gasteiger partial charge in [-0.05, 0) is 44.4 Å². The van der Waals surface area contributed by atoms with E-state index in [0.29, 0.717) is 19.0 Å². The molecule has 0 fully saturated rings. The Kier molecular flexibility index (Phi) is 8.60. The molecule has 136 valence electrons. The number of ether oxygens (including phenoxy) is 1. The van der Waals surface area contributed by atoms with Gasteiger partial charge in [0.1, 0.15) is 15.6 Å². The standard InChI is InChI=1S/C17H29N3O3S/c1-5-23-16-8-6-7-15(13-16)9-11-19-17(18-3)20-14(2)10-12-24(4,21)22/h6-8,13-14H,5,9-12H2,1-4H3,(H2,18,19,20). The van der Waals surface area contributed by atoms with Crippen LogP contribution < -0.4 is 15.4 Å². The number of benzene rings is 1. The molecular formula is C17H29N3O3S. The Morgan fingerprint density at radius 1 is 1.38 bits per heavy atom. The van der Waals surface area contributed by atoms with Gasteiger partial charge in [0.2, 0.25) is 0 Å². The van der Waals surface area contributed by atoms with Crippen LogP contribution in [-0.4, -0.2) is 52.6 Å². The van der Waals surface area contributed by atoms with Crippen LogP contribution in [0.1, 0.15) is 25.8 Å². The van der Waals surface area contributed by atoms with E-state index in [2.05, 4.69) is 21.7 Å². The summed E-state index contributed by atoms with van der Waals surface area (Å²) in [7, 11) is -1.23. The van der Waals surface area contributed by atoms with E-state index >= 15 is 0 Å². The molecule has 0 radical (unpaired) electrons. The van der Waals surface area contributed by atoms with Crippen molar-refractivity contribution >= 4 is 15.8 Å². The quantitative estimate of drug-likeness (QED) is 0.520. The molecule has 7 heteroatoms. The lowest BCUT2D eigenvalue weighted by Crippen LogP contribution is -2.43. The van der Waals surface area contributed by atoms with Crippen molar-refractivity contribution in [1.29, 1.82) is 0 Å². The van der Waals surface area contributed by atoms with Crippen LogP contribution in [0.25, 0.3) is 0 Å². The van der Waals surface area contributed by atoms with E-state index in [1.54, 1.807) is 7.05 Å². The minimum atomic E-state index is -2.94. The Hall–Kier alpha value is -1.76. The molecule has 0 saturated carbocycles. The summed E-state index contributed by atoms with van der Waals surface area (Å²) in [5.74, 6) is 1.73. The topological polar surface area (TPSA) is 79.8 Å². The van der Waals surface area contributed by atoms with Gasteiger partial charge in [0.15, 0.2) is 5.96 Å². The average Bonchev–Trinajstić information content (AvgIpc) is 2.52. The van der Waals surface area contributed by atoms with Crippen LogP contribution in [0.3, 0.4) is 0 Å². The third kappa shape index (κ3) is 8.76. The van der Waals surface area contributed by atoms with Crippen molar-refractivity contribution in [2.45, 2.75) is 32.7 Å². The summed E-state index contributed by atoms with van der Waals surface area (Å²) in [6.45, 7) is 5.30. The zero-order valence-electron chi connectivity index (χ0n) is 15.0. The number of sulfone groups is 1. The van der Waals surface area contributed by atoms with Crippen molar-refractivity contribution in [3.63, 3.8) is 0 Å². The largest absolute Gasteiger partial charge is 0.494 e. The predicted molar refractivity (Wildman–Crippen MR) is 99.6 cm³/mol. The highest BCUT2D eigenvalue weighted by atomic mass is 32.2. The molecule has 24 heavy (non-hydrogen) atoms. The normalized spacial score (nSPS) is 13.4. The SMILES string of the molecule is CCOc1cccc(CCNC(=NC)NC(C)CCS(C)(=O)=O)c1. The molecule has 0 spiro atoms. The Bertz CT molecular complexity index is 630. The van der Waals surface area contributed by atoms with E-state index in [9.17, 15) is 8.42 Å². The first-order chi connectivity index (χ1) is 11.3. The molecule has 1 rings (SSSR count). The van der Waals surface area contributed by atoms with E-state index in [1.807, 2.05) is 32.0 Å². The second kappa shape index (κ2) is 10.2. The number of aliphatic imine (C=N–C) groups is 1. The first-order valence-electron chi connectivity index (χ1n) is 8.20. The van der Waals surface area contributed by atoms with Gasteiger partial charge in [0.05, 0.1) is 12.4 Å². The molecule has 1 aromatic carbocycles. The van der Waals surface area contributed by atoms with Gasteiger partial charge >= 0.3 is 0 Å². The first kappa shape index (κ1) is 20.3. The Labute approximate surface area is 145 Å². The summed E-state index contributed by atoms with van der Waals surface area (Å²) >= 11 is 0. The maximum absolute atomic E-state index is 11.2. The lowest BCUT2D eigenvalue weighted by molar-refractivity contribution is 0.340. The maximum Gasteiger partial charge on any atom is 0.191 e. The molecule has 0 aromatic heterocycles. The summed E-state index contributed by atoms with van der Waals surface area (Å²) in [5.41, 5.74) is 1.19. The predicted octanol–water partition coefficient (Wildman–Crippen LogP) is 1.62. The smallest absolute Gasteiger partial charge is 0.191 e. The molecule has 1 aromatic rings. The maximum atomic E-state index is 11.2. The van der Waals surface area contributed by atoms with Gasteiger partial charge in [-0.1, -0.05) is 12.1 Å². The van der Waals surface area contributed by atoms with Crippen LogP contribution in [0.5, 0.6) is 5.75 Å². The summed E-state index contributed by atoms with van der Waals surface area (Å²) < 4.78 is 27.9. The average molecular weight is 356 g/mol. The van der Waals surface area contributed by atoms with Crippen LogP contribution in [0.2, 0.25) is 0 Å². The highest BCUT2D eigenvalue weighted by molar-refractivity contribution is 7.90. The monoisotopic (exact) mass is 355 g/mol. The minimum Gasteiger partial charge on any atom is -0.494 e. The number of hydrogen-bond acceptors (Lipinski definition) is 4. The fourth-order valence-corrected chi connectivity index (χ4v) is 2.96. The Morgan fingerprint density at radius 2 is 2.12 bits per heavy atom. The minimum absolute atomic E-state index is 0.0345. The fraction of sp³-hybridized carbons (Fsp3) is 0.588. The van der Waals surface area contributed by atoms with Crippen LogP contribution in [0.4, 0.5) is 0 Å². The molecule has 0 aliphatic rings. The Morgan fingerprint density at radius 3 is 2.75 bits per heavy atom. The number of rotatable bonds is 9. The second-order valence-corrected chi connectivity index (χ2v) is 8.05. The van der Waals surface area contributed by atoms with Crippen molar-refractivity contribution in [2.75, 3.05) is 32.2 Å². The van der Waals surface area contributed by atoms with Crippen LogP contribution >= 0.6 is 0 Å². The summed E-state index contributed by atoms with van der Waals surface area (Å²) in [6, 6.07) is 8.07. The van der Waals surface area contributed by atoms with Gasteiger partial charge in [-0.25, -0.2) is 8.42 Å².